The highest BCUT2D eigenvalue weighted by Gasteiger charge is 2.47. The minimum absolute atomic E-state index is 0.154. The molecule has 1 aromatic carbocycles. The standard InChI is InChI=1S/C23H28BrN3O2S/c24-18-5-3-17(4-6-18)16-27-14-10-23(22(27)29)8-12-26(13-9-23)11-1-2-20-19(21(25)28)7-15-30-20/h3-7,15H,1-2,8-14,16H2,(H2,25,28). The van der Waals surface area contributed by atoms with Gasteiger partial charge in [-0.2, -0.15) is 0 Å². The summed E-state index contributed by atoms with van der Waals surface area (Å²) in [6.45, 7) is 4.53. The van der Waals surface area contributed by atoms with Crippen molar-refractivity contribution in [1.82, 2.24) is 9.80 Å². The summed E-state index contributed by atoms with van der Waals surface area (Å²) in [7, 11) is 0. The lowest BCUT2D eigenvalue weighted by Gasteiger charge is -2.38. The number of carbonyl (C=O) groups excluding carboxylic acids is 2. The van der Waals surface area contributed by atoms with E-state index in [0.717, 1.165) is 67.6 Å². The van der Waals surface area contributed by atoms with Gasteiger partial charge in [-0.1, -0.05) is 28.1 Å². The first kappa shape index (κ1) is 21.5. The van der Waals surface area contributed by atoms with Crippen molar-refractivity contribution in [2.75, 3.05) is 26.2 Å². The van der Waals surface area contributed by atoms with Gasteiger partial charge in [-0.3, -0.25) is 9.59 Å². The summed E-state index contributed by atoms with van der Waals surface area (Å²) < 4.78 is 1.06. The number of likely N-dealkylation sites (tertiary alicyclic amines) is 2. The Balaban J connectivity index is 1.25. The lowest BCUT2D eigenvalue weighted by molar-refractivity contribution is -0.138. The molecule has 30 heavy (non-hydrogen) atoms. The van der Waals surface area contributed by atoms with Crippen molar-refractivity contribution in [3.05, 3.63) is 56.2 Å². The predicted molar refractivity (Wildman–Crippen MR) is 123 cm³/mol. The molecule has 0 bridgehead atoms. The van der Waals surface area contributed by atoms with E-state index in [1.54, 1.807) is 11.3 Å². The summed E-state index contributed by atoms with van der Waals surface area (Å²) in [5, 5.41) is 1.94. The van der Waals surface area contributed by atoms with Crippen molar-refractivity contribution in [2.45, 2.75) is 38.6 Å². The van der Waals surface area contributed by atoms with Crippen LogP contribution in [0.25, 0.3) is 0 Å². The van der Waals surface area contributed by atoms with E-state index in [9.17, 15) is 9.59 Å². The first-order valence-corrected chi connectivity index (χ1v) is 12.3. The van der Waals surface area contributed by atoms with E-state index in [0.29, 0.717) is 18.0 Å². The largest absolute Gasteiger partial charge is 0.366 e. The number of hydrogen-bond acceptors (Lipinski definition) is 4. The Morgan fingerprint density at radius 1 is 1.10 bits per heavy atom. The second kappa shape index (κ2) is 9.20. The van der Waals surface area contributed by atoms with Crippen molar-refractivity contribution in [1.29, 1.82) is 0 Å². The number of carbonyl (C=O) groups is 2. The maximum Gasteiger partial charge on any atom is 0.249 e. The predicted octanol–water partition coefficient (Wildman–Crippen LogP) is 4.06. The lowest BCUT2D eigenvalue weighted by atomic mass is 9.77. The molecule has 0 radical (unpaired) electrons. The maximum absolute atomic E-state index is 13.2. The van der Waals surface area contributed by atoms with E-state index in [4.69, 9.17) is 5.73 Å². The molecule has 1 aromatic heterocycles. The Morgan fingerprint density at radius 3 is 2.50 bits per heavy atom. The number of amides is 2. The van der Waals surface area contributed by atoms with Gasteiger partial charge in [0.2, 0.25) is 11.8 Å². The van der Waals surface area contributed by atoms with Gasteiger partial charge in [0.15, 0.2) is 0 Å². The SMILES string of the molecule is NC(=O)c1ccsc1CCCN1CCC2(CC1)CCN(Cc1ccc(Br)cc1)C2=O. The number of halogens is 1. The Labute approximate surface area is 190 Å². The summed E-state index contributed by atoms with van der Waals surface area (Å²) in [6, 6.07) is 10.1. The quantitative estimate of drug-likeness (QED) is 0.637. The van der Waals surface area contributed by atoms with Crippen molar-refractivity contribution >= 4 is 39.1 Å². The summed E-state index contributed by atoms with van der Waals surface area (Å²) >= 11 is 5.08. The molecule has 0 atom stereocenters. The zero-order chi connectivity index (χ0) is 21.1. The van der Waals surface area contributed by atoms with E-state index < -0.39 is 0 Å². The van der Waals surface area contributed by atoms with Crippen LogP contribution in [0.5, 0.6) is 0 Å². The second-order valence-corrected chi connectivity index (χ2v) is 10.4. The van der Waals surface area contributed by atoms with Gasteiger partial charge in [0.25, 0.3) is 0 Å². The Bertz CT molecular complexity index is 903. The van der Waals surface area contributed by atoms with Crippen molar-refractivity contribution in [3.63, 3.8) is 0 Å². The fourth-order valence-electron chi connectivity index (χ4n) is 4.74. The highest BCUT2D eigenvalue weighted by atomic mass is 79.9. The normalized spacial score (nSPS) is 19.0. The molecule has 2 aliphatic heterocycles. The number of nitrogens with zero attached hydrogens (tertiary/aromatic N) is 2. The molecular formula is C23H28BrN3O2S. The van der Waals surface area contributed by atoms with Crippen molar-refractivity contribution in [3.8, 4) is 0 Å². The van der Waals surface area contributed by atoms with Gasteiger partial charge in [-0.05, 0) is 80.9 Å². The van der Waals surface area contributed by atoms with Gasteiger partial charge in [0.05, 0.1) is 11.0 Å². The number of rotatable bonds is 7. The Morgan fingerprint density at radius 2 is 1.80 bits per heavy atom. The van der Waals surface area contributed by atoms with Crippen LogP contribution in [0.4, 0.5) is 0 Å². The molecule has 0 aliphatic carbocycles. The van der Waals surface area contributed by atoms with Crippen LogP contribution in [0.15, 0.2) is 40.2 Å². The zero-order valence-electron chi connectivity index (χ0n) is 17.1. The van der Waals surface area contributed by atoms with Crippen LogP contribution in [0, 0.1) is 5.41 Å². The molecule has 2 N–H and O–H groups in total. The molecule has 0 unspecified atom stereocenters. The van der Waals surface area contributed by atoms with Gasteiger partial charge >= 0.3 is 0 Å². The molecular weight excluding hydrogens is 462 g/mol. The van der Waals surface area contributed by atoms with E-state index >= 15 is 0 Å². The van der Waals surface area contributed by atoms with Crippen LogP contribution in [0.3, 0.4) is 0 Å². The average molecular weight is 490 g/mol. The minimum Gasteiger partial charge on any atom is -0.366 e. The van der Waals surface area contributed by atoms with E-state index in [1.165, 1.54) is 5.56 Å². The monoisotopic (exact) mass is 489 g/mol. The van der Waals surface area contributed by atoms with Crippen LogP contribution in [0.2, 0.25) is 0 Å². The van der Waals surface area contributed by atoms with Gasteiger partial charge in [-0.15, -0.1) is 11.3 Å². The van der Waals surface area contributed by atoms with Crippen LogP contribution in [0.1, 0.15) is 46.5 Å². The third kappa shape index (κ3) is 4.63. The van der Waals surface area contributed by atoms with Gasteiger partial charge < -0.3 is 15.5 Å². The van der Waals surface area contributed by atoms with E-state index in [1.807, 2.05) is 28.5 Å². The number of piperidine rings is 1. The van der Waals surface area contributed by atoms with Crippen LogP contribution >= 0.6 is 27.3 Å². The minimum atomic E-state index is -0.335. The van der Waals surface area contributed by atoms with Crippen LogP contribution in [-0.4, -0.2) is 47.8 Å². The summed E-state index contributed by atoms with van der Waals surface area (Å²) in [5.74, 6) is 0.00774. The third-order valence-corrected chi connectivity index (χ3v) is 8.10. The number of benzene rings is 1. The second-order valence-electron chi connectivity index (χ2n) is 8.45. The Kier molecular flexibility index (Phi) is 6.60. The maximum atomic E-state index is 13.2. The van der Waals surface area contributed by atoms with Crippen molar-refractivity contribution < 1.29 is 9.59 Å². The summed E-state index contributed by atoms with van der Waals surface area (Å²) in [6.07, 6.45) is 4.78. The number of nitrogens with two attached hydrogens (primary N) is 1. The first-order valence-electron chi connectivity index (χ1n) is 10.6. The molecule has 5 nitrogen and oxygen atoms in total. The topological polar surface area (TPSA) is 66.6 Å². The number of thiophene rings is 1. The van der Waals surface area contributed by atoms with Gasteiger partial charge in [0.1, 0.15) is 0 Å². The fraction of sp³-hybridized carbons (Fsp3) is 0.478. The molecule has 2 aliphatic rings. The molecule has 4 rings (SSSR count). The van der Waals surface area contributed by atoms with Crippen LogP contribution in [-0.2, 0) is 17.8 Å². The highest BCUT2D eigenvalue weighted by Crippen LogP contribution is 2.42. The van der Waals surface area contributed by atoms with Gasteiger partial charge in [-0.25, -0.2) is 0 Å². The van der Waals surface area contributed by atoms with E-state index in [-0.39, 0.29) is 11.3 Å². The molecule has 2 aromatic rings. The van der Waals surface area contributed by atoms with Crippen LogP contribution < -0.4 is 5.73 Å². The summed E-state index contributed by atoms with van der Waals surface area (Å²) in [4.78, 5) is 30.2. The Hall–Kier alpha value is -1.70. The average Bonchev–Trinajstić information content (AvgIpc) is 3.32. The molecule has 160 valence electrons. The first-order chi connectivity index (χ1) is 14.5. The number of aryl methyl sites for hydroxylation is 1. The molecule has 1 spiro atoms. The molecule has 2 fully saturated rings. The highest BCUT2D eigenvalue weighted by molar-refractivity contribution is 9.10. The molecule has 3 heterocycles. The lowest BCUT2D eigenvalue weighted by Crippen LogP contribution is -2.44. The third-order valence-electron chi connectivity index (χ3n) is 6.59. The summed E-state index contributed by atoms with van der Waals surface area (Å²) in [5.41, 5.74) is 7.14. The van der Waals surface area contributed by atoms with Gasteiger partial charge in [0, 0.05) is 22.4 Å². The van der Waals surface area contributed by atoms with E-state index in [2.05, 4.69) is 33.0 Å². The molecule has 0 saturated carbocycles. The van der Waals surface area contributed by atoms with Crippen molar-refractivity contribution in [2.24, 2.45) is 11.1 Å². The molecule has 2 saturated heterocycles. The molecule has 7 heteroatoms. The zero-order valence-corrected chi connectivity index (χ0v) is 19.5. The number of hydrogen-bond donors (Lipinski definition) is 1. The number of primary amides is 1. The molecule has 2 amide bonds. The fourth-order valence-corrected chi connectivity index (χ4v) is 5.93. The smallest absolute Gasteiger partial charge is 0.249 e.